The quantitative estimate of drug-likeness (QED) is 0.101. The molecule has 38 heavy (non-hydrogen) atoms. The molecule has 0 aliphatic carbocycles. The number of carboxylic acids is 2. The van der Waals surface area contributed by atoms with E-state index in [2.05, 4.69) is 25.9 Å². The van der Waals surface area contributed by atoms with E-state index in [1.807, 2.05) is 12.2 Å². The molecular formula is C22H35N7O9. The normalized spacial score (nSPS) is 15.6. The molecule has 1 aromatic heterocycles. The zero-order valence-corrected chi connectivity index (χ0v) is 21.3. The third-order valence-corrected chi connectivity index (χ3v) is 5.73. The Morgan fingerprint density at radius 3 is 2.00 bits per heavy atom. The highest BCUT2D eigenvalue weighted by Crippen LogP contribution is 2.07. The van der Waals surface area contributed by atoms with Gasteiger partial charge >= 0.3 is 11.9 Å². The third-order valence-electron chi connectivity index (χ3n) is 5.73. The van der Waals surface area contributed by atoms with Gasteiger partial charge in [-0.2, -0.15) is 0 Å². The van der Waals surface area contributed by atoms with Crippen LogP contribution in [-0.2, 0) is 35.2 Å². The van der Waals surface area contributed by atoms with Crippen molar-refractivity contribution in [3.8, 4) is 0 Å². The maximum Gasteiger partial charge on any atom is 0.326 e. The molecule has 16 heteroatoms. The van der Waals surface area contributed by atoms with Crippen LogP contribution in [0.5, 0.6) is 0 Å². The molecule has 0 aromatic carbocycles. The Balaban J connectivity index is 2.90. The first-order chi connectivity index (χ1) is 17.8. The van der Waals surface area contributed by atoms with Crippen LogP contribution in [0.15, 0.2) is 12.5 Å². The summed E-state index contributed by atoms with van der Waals surface area (Å²) in [6, 6.07) is -6.73. The summed E-state index contributed by atoms with van der Waals surface area (Å²) in [6.07, 6.45) is 2.50. The average Bonchev–Trinajstić information content (AvgIpc) is 3.37. The van der Waals surface area contributed by atoms with Crippen molar-refractivity contribution in [1.82, 2.24) is 31.2 Å². The van der Waals surface area contributed by atoms with Crippen LogP contribution in [0.1, 0.15) is 39.3 Å². The van der Waals surface area contributed by atoms with E-state index < -0.39 is 78.8 Å². The lowest BCUT2D eigenvalue weighted by atomic mass is 9.98. The Morgan fingerprint density at radius 1 is 0.921 bits per heavy atom. The lowest BCUT2D eigenvalue weighted by Crippen LogP contribution is -2.59. The summed E-state index contributed by atoms with van der Waals surface area (Å²) in [5, 5.41) is 36.6. The number of aromatic nitrogens is 2. The average molecular weight is 542 g/mol. The van der Waals surface area contributed by atoms with Crippen LogP contribution in [0.3, 0.4) is 0 Å². The second-order valence-corrected chi connectivity index (χ2v) is 8.72. The fraction of sp³-hybridized carbons (Fsp3) is 0.591. The Labute approximate surface area is 218 Å². The summed E-state index contributed by atoms with van der Waals surface area (Å²) >= 11 is 0. The number of H-pyrrole nitrogens is 1. The molecule has 1 rings (SSSR count). The second-order valence-electron chi connectivity index (χ2n) is 8.72. The summed E-state index contributed by atoms with van der Waals surface area (Å²) in [7, 11) is 0. The van der Waals surface area contributed by atoms with Crippen molar-refractivity contribution in [3.63, 3.8) is 0 Å². The molecule has 10 N–H and O–H groups in total. The number of aliphatic carboxylic acids is 2. The molecule has 1 heterocycles. The highest BCUT2D eigenvalue weighted by atomic mass is 16.4. The van der Waals surface area contributed by atoms with Crippen LogP contribution in [-0.4, -0.2) is 97.7 Å². The van der Waals surface area contributed by atoms with Gasteiger partial charge in [0.25, 0.3) is 0 Å². The number of aliphatic hydroxyl groups is 1. The van der Waals surface area contributed by atoms with Gasteiger partial charge in [-0.3, -0.25) is 24.0 Å². The van der Waals surface area contributed by atoms with Crippen LogP contribution in [0.4, 0.5) is 0 Å². The summed E-state index contributed by atoms with van der Waals surface area (Å²) in [5.41, 5.74) is 6.45. The van der Waals surface area contributed by atoms with Gasteiger partial charge in [-0.1, -0.05) is 20.3 Å². The standard InChI is InChI=1S/C22H35N7O9/c1-4-10(2)17(23)21(36)27-13(5-12-7-24-9-25-12)19(34)29-15(8-30)20(35)26-11(3)18(33)28-14(22(37)38)6-16(31)32/h7,9-11,13-15,17,30H,4-6,8,23H2,1-3H3,(H,24,25)(H,26,35)(H,27,36)(H,28,33)(H,29,34)(H,31,32)(H,37,38)/t10-,11-,13-,14-,15-,17-/m0/s1. The van der Waals surface area contributed by atoms with Gasteiger partial charge in [0.05, 0.1) is 25.4 Å². The van der Waals surface area contributed by atoms with E-state index in [1.54, 1.807) is 6.92 Å². The number of carbonyl (C=O) groups excluding carboxylic acids is 4. The Morgan fingerprint density at radius 2 is 1.50 bits per heavy atom. The summed E-state index contributed by atoms with van der Waals surface area (Å²) in [6.45, 7) is 3.95. The van der Waals surface area contributed by atoms with Gasteiger partial charge in [-0.15, -0.1) is 0 Å². The van der Waals surface area contributed by atoms with E-state index in [0.717, 1.165) is 0 Å². The number of hydrogen-bond acceptors (Lipinski definition) is 9. The molecule has 0 bridgehead atoms. The van der Waals surface area contributed by atoms with E-state index in [1.165, 1.54) is 19.4 Å². The Bertz CT molecular complexity index is 986. The highest BCUT2D eigenvalue weighted by molar-refractivity contribution is 5.95. The molecule has 212 valence electrons. The number of imidazole rings is 1. The minimum atomic E-state index is -1.73. The monoisotopic (exact) mass is 541 g/mol. The molecule has 0 aliphatic heterocycles. The molecule has 0 aliphatic rings. The molecule has 0 fully saturated rings. The number of carboxylic acid groups (broad SMARTS) is 2. The highest BCUT2D eigenvalue weighted by Gasteiger charge is 2.31. The van der Waals surface area contributed by atoms with E-state index in [-0.39, 0.29) is 12.3 Å². The molecule has 0 radical (unpaired) electrons. The number of aliphatic hydroxyl groups excluding tert-OH is 1. The van der Waals surface area contributed by atoms with Crippen molar-refractivity contribution < 1.29 is 44.1 Å². The molecule has 0 saturated heterocycles. The predicted octanol–water partition coefficient (Wildman–Crippen LogP) is -3.16. The van der Waals surface area contributed by atoms with Crippen molar-refractivity contribution in [1.29, 1.82) is 0 Å². The fourth-order valence-corrected chi connectivity index (χ4v) is 3.12. The molecule has 16 nitrogen and oxygen atoms in total. The van der Waals surface area contributed by atoms with Gasteiger partial charge in [0.2, 0.25) is 23.6 Å². The van der Waals surface area contributed by atoms with Crippen molar-refractivity contribution in [2.75, 3.05) is 6.61 Å². The lowest BCUT2D eigenvalue weighted by molar-refractivity contribution is -0.147. The van der Waals surface area contributed by atoms with E-state index in [4.69, 9.17) is 15.9 Å². The smallest absolute Gasteiger partial charge is 0.326 e. The lowest BCUT2D eigenvalue weighted by Gasteiger charge is -2.25. The van der Waals surface area contributed by atoms with Gasteiger partial charge in [-0.25, -0.2) is 9.78 Å². The topological polar surface area (TPSA) is 266 Å². The van der Waals surface area contributed by atoms with Crippen molar-refractivity contribution in [3.05, 3.63) is 18.2 Å². The first-order valence-electron chi connectivity index (χ1n) is 11.8. The summed E-state index contributed by atoms with van der Waals surface area (Å²) < 4.78 is 0. The van der Waals surface area contributed by atoms with Gasteiger partial charge in [-0.05, 0) is 12.8 Å². The molecule has 1 aromatic rings. The Kier molecular flexibility index (Phi) is 12.8. The molecule has 0 saturated carbocycles. The van der Waals surface area contributed by atoms with Crippen molar-refractivity contribution in [2.45, 2.75) is 70.2 Å². The SMILES string of the molecule is CC[C@H](C)[C@H](N)C(=O)N[C@@H](Cc1cnc[nH]1)C(=O)N[C@@H](CO)C(=O)N[C@@H](C)C(=O)N[C@@H](CC(=O)O)C(=O)O. The molecule has 0 unspecified atom stereocenters. The minimum absolute atomic E-state index is 0.0382. The van der Waals surface area contributed by atoms with Gasteiger partial charge in [0, 0.05) is 18.3 Å². The largest absolute Gasteiger partial charge is 0.481 e. The maximum atomic E-state index is 13.0. The number of nitrogens with one attached hydrogen (secondary N) is 5. The number of amides is 4. The van der Waals surface area contributed by atoms with Gasteiger partial charge in [0.15, 0.2) is 0 Å². The number of nitrogens with zero attached hydrogens (tertiary/aromatic N) is 1. The van der Waals surface area contributed by atoms with Gasteiger partial charge in [0.1, 0.15) is 24.2 Å². The number of nitrogens with two attached hydrogens (primary N) is 1. The zero-order valence-electron chi connectivity index (χ0n) is 21.3. The van der Waals surface area contributed by atoms with E-state index in [0.29, 0.717) is 12.1 Å². The first kappa shape index (κ1) is 32.0. The second kappa shape index (κ2) is 15.3. The molecule has 6 atom stereocenters. The predicted molar refractivity (Wildman–Crippen MR) is 130 cm³/mol. The summed E-state index contributed by atoms with van der Waals surface area (Å²) in [5.74, 6) is -6.63. The molecular weight excluding hydrogens is 506 g/mol. The zero-order chi connectivity index (χ0) is 29.0. The Hall–Kier alpha value is -4.05. The van der Waals surface area contributed by atoms with Crippen LogP contribution in [0.2, 0.25) is 0 Å². The van der Waals surface area contributed by atoms with E-state index >= 15 is 0 Å². The van der Waals surface area contributed by atoms with Crippen LogP contribution >= 0.6 is 0 Å². The maximum absolute atomic E-state index is 13.0. The van der Waals surface area contributed by atoms with Crippen LogP contribution in [0, 0.1) is 5.92 Å². The minimum Gasteiger partial charge on any atom is -0.481 e. The fourth-order valence-electron chi connectivity index (χ4n) is 3.12. The molecule has 0 spiro atoms. The number of aromatic amines is 1. The first-order valence-corrected chi connectivity index (χ1v) is 11.8. The van der Waals surface area contributed by atoms with Crippen LogP contribution < -0.4 is 27.0 Å². The number of rotatable bonds is 16. The van der Waals surface area contributed by atoms with Crippen molar-refractivity contribution in [2.24, 2.45) is 11.7 Å². The van der Waals surface area contributed by atoms with E-state index in [9.17, 15) is 33.9 Å². The van der Waals surface area contributed by atoms with Crippen molar-refractivity contribution >= 4 is 35.6 Å². The third kappa shape index (κ3) is 10.1. The van der Waals surface area contributed by atoms with Gasteiger partial charge < -0.3 is 47.3 Å². The summed E-state index contributed by atoms with van der Waals surface area (Å²) in [4.78, 5) is 79.1. The number of hydrogen-bond donors (Lipinski definition) is 9. The molecule has 4 amide bonds. The van der Waals surface area contributed by atoms with Crippen LogP contribution in [0.25, 0.3) is 0 Å². The number of carbonyl (C=O) groups is 6.